The first-order valence-electron chi connectivity index (χ1n) is 6.06. The van der Waals surface area contributed by atoms with Crippen molar-refractivity contribution in [3.63, 3.8) is 0 Å². The molecule has 0 spiro atoms. The van der Waals surface area contributed by atoms with Crippen LogP contribution in [0.2, 0.25) is 0 Å². The van der Waals surface area contributed by atoms with Crippen molar-refractivity contribution >= 4 is 11.3 Å². The number of rotatable bonds is 5. The van der Waals surface area contributed by atoms with Gasteiger partial charge in [0.1, 0.15) is 5.01 Å². The second kappa shape index (κ2) is 5.25. The number of hydrogen-bond donors (Lipinski definition) is 1. The Hall–Kier alpha value is -0.450. The van der Waals surface area contributed by atoms with E-state index in [2.05, 4.69) is 17.3 Å². The summed E-state index contributed by atoms with van der Waals surface area (Å²) >= 11 is 1.67. The van der Waals surface area contributed by atoms with Crippen LogP contribution in [0.15, 0.2) is 5.38 Å². The van der Waals surface area contributed by atoms with Gasteiger partial charge in [0.2, 0.25) is 0 Å². The number of hydrogen-bond acceptors (Lipinski definition) is 4. The monoisotopic (exact) mass is 240 g/mol. The summed E-state index contributed by atoms with van der Waals surface area (Å²) in [6, 6.07) is 0. The quantitative estimate of drug-likeness (QED) is 0.805. The zero-order valence-electron chi connectivity index (χ0n) is 9.87. The minimum absolute atomic E-state index is 0.153. The molecule has 0 radical (unpaired) electrons. The molecule has 0 atom stereocenters. The van der Waals surface area contributed by atoms with Crippen LogP contribution in [0, 0.1) is 0 Å². The Kier molecular flexibility index (Phi) is 3.95. The van der Waals surface area contributed by atoms with Crippen LogP contribution in [0.5, 0.6) is 0 Å². The van der Waals surface area contributed by atoms with Gasteiger partial charge in [-0.1, -0.05) is 19.8 Å². The van der Waals surface area contributed by atoms with Crippen LogP contribution in [0.25, 0.3) is 0 Å². The second-order valence-corrected chi connectivity index (χ2v) is 5.48. The molecule has 1 aromatic heterocycles. The molecule has 4 heteroatoms. The van der Waals surface area contributed by atoms with Crippen LogP contribution in [0.3, 0.4) is 0 Å². The predicted octanol–water partition coefficient (Wildman–Crippen LogP) is 2.80. The van der Waals surface area contributed by atoms with Crippen LogP contribution in [-0.2, 0) is 16.9 Å². The summed E-state index contributed by atoms with van der Waals surface area (Å²) in [7, 11) is 0. The molecule has 1 aliphatic rings. The molecule has 0 bridgehead atoms. The minimum Gasteiger partial charge on any atom is -0.374 e. The Morgan fingerprint density at radius 1 is 1.50 bits per heavy atom. The molecular weight excluding hydrogens is 220 g/mol. The first kappa shape index (κ1) is 12.0. The SMILES string of the molecule is CCCOCc1nc(C2(N)CCCC2)cs1. The fraction of sp³-hybridized carbons (Fsp3) is 0.750. The van der Waals surface area contributed by atoms with Gasteiger partial charge in [-0.05, 0) is 19.3 Å². The molecule has 1 aromatic rings. The fourth-order valence-electron chi connectivity index (χ4n) is 2.17. The topological polar surface area (TPSA) is 48.1 Å². The van der Waals surface area contributed by atoms with Gasteiger partial charge in [0, 0.05) is 12.0 Å². The smallest absolute Gasteiger partial charge is 0.119 e. The van der Waals surface area contributed by atoms with Crippen molar-refractivity contribution in [2.45, 2.75) is 51.2 Å². The van der Waals surface area contributed by atoms with Crippen LogP contribution in [-0.4, -0.2) is 11.6 Å². The lowest BCUT2D eigenvalue weighted by molar-refractivity contribution is 0.121. The van der Waals surface area contributed by atoms with Crippen LogP contribution in [0.1, 0.15) is 49.7 Å². The maximum atomic E-state index is 6.35. The van der Waals surface area contributed by atoms with Crippen molar-refractivity contribution in [1.82, 2.24) is 4.98 Å². The molecule has 1 saturated carbocycles. The van der Waals surface area contributed by atoms with Gasteiger partial charge in [0.25, 0.3) is 0 Å². The summed E-state index contributed by atoms with van der Waals surface area (Å²) in [5.74, 6) is 0. The van der Waals surface area contributed by atoms with E-state index in [0.717, 1.165) is 36.6 Å². The van der Waals surface area contributed by atoms with Crippen LogP contribution in [0.4, 0.5) is 0 Å². The Balaban J connectivity index is 1.96. The van der Waals surface area contributed by atoms with Gasteiger partial charge in [0.15, 0.2) is 0 Å². The fourth-order valence-corrected chi connectivity index (χ4v) is 3.01. The Labute approximate surface area is 101 Å². The van der Waals surface area contributed by atoms with E-state index in [4.69, 9.17) is 10.5 Å². The molecule has 1 heterocycles. The molecule has 0 amide bonds. The van der Waals surface area contributed by atoms with E-state index >= 15 is 0 Å². The van der Waals surface area contributed by atoms with Gasteiger partial charge < -0.3 is 10.5 Å². The molecule has 0 aliphatic heterocycles. The van der Waals surface area contributed by atoms with E-state index in [1.165, 1.54) is 12.8 Å². The van der Waals surface area contributed by atoms with Crippen molar-refractivity contribution in [2.75, 3.05) is 6.61 Å². The van der Waals surface area contributed by atoms with Gasteiger partial charge in [-0.3, -0.25) is 0 Å². The normalized spacial score (nSPS) is 19.1. The molecule has 1 fully saturated rings. The number of thiazole rings is 1. The predicted molar refractivity (Wildman–Crippen MR) is 66.4 cm³/mol. The van der Waals surface area contributed by atoms with Gasteiger partial charge in [0.05, 0.1) is 17.8 Å². The Bertz CT molecular complexity index is 332. The van der Waals surface area contributed by atoms with E-state index in [1.54, 1.807) is 11.3 Å². The molecule has 2 N–H and O–H groups in total. The van der Waals surface area contributed by atoms with E-state index in [-0.39, 0.29) is 5.54 Å². The number of nitrogens with zero attached hydrogens (tertiary/aromatic N) is 1. The number of nitrogens with two attached hydrogens (primary N) is 1. The number of aromatic nitrogens is 1. The molecule has 90 valence electrons. The van der Waals surface area contributed by atoms with Gasteiger partial charge in [-0.2, -0.15) is 0 Å². The highest BCUT2D eigenvalue weighted by atomic mass is 32.1. The van der Waals surface area contributed by atoms with Crippen LogP contribution < -0.4 is 5.73 Å². The first-order valence-corrected chi connectivity index (χ1v) is 6.94. The summed E-state index contributed by atoms with van der Waals surface area (Å²) in [5, 5.41) is 3.16. The van der Waals surface area contributed by atoms with Crippen molar-refractivity contribution < 1.29 is 4.74 Å². The zero-order chi connectivity index (χ0) is 11.4. The lowest BCUT2D eigenvalue weighted by Crippen LogP contribution is -2.33. The van der Waals surface area contributed by atoms with Gasteiger partial charge in [-0.15, -0.1) is 11.3 Å². The number of ether oxygens (including phenoxy) is 1. The molecule has 2 rings (SSSR count). The van der Waals surface area contributed by atoms with Crippen molar-refractivity contribution in [3.8, 4) is 0 Å². The molecule has 0 aromatic carbocycles. The summed E-state index contributed by atoms with van der Waals surface area (Å²) in [5.41, 5.74) is 7.27. The molecule has 16 heavy (non-hydrogen) atoms. The summed E-state index contributed by atoms with van der Waals surface area (Å²) in [4.78, 5) is 4.60. The van der Waals surface area contributed by atoms with Gasteiger partial charge in [-0.25, -0.2) is 4.98 Å². The highest BCUT2D eigenvalue weighted by molar-refractivity contribution is 7.09. The third-order valence-electron chi connectivity index (χ3n) is 3.13. The van der Waals surface area contributed by atoms with Crippen molar-refractivity contribution in [1.29, 1.82) is 0 Å². The molecular formula is C12H20N2OS. The van der Waals surface area contributed by atoms with Crippen molar-refractivity contribution in [3.05, 3.63) is 16.1 Å². The summed E-state index contributed by atoms with van der Waals surface area (Å²) in [6.45, 7) is 3.55. The van der Waals surface area contributed by atoms with Crippen molar-refractivity contribution in [2.24, 2.45) is 5.73 Å². The average Bonchev–Trinajstić information content (AvgIpc) is 2.88. The average molecular weight is 240 g/mol. The zero-order valence-corrected chi connectivity index (χ0v) is 10.7. The first-order chi connectivity index (χ1) is 7.74. The highest BCUT2D eigenvalue weighted by Gasteiger charge is 2.33. The Morgan fingerprint density at radius 2 is 2.25 bits per heavy atom. The van der Waals surface area contributed by atoms with E-state index in [0.29, 0.717) is 6.61 Å². The molecule has 0 unspecified atom stereocenters. The summed E-state index contributed by atoms with van der Waals surface area (Å²) < 4.78 is 5.48. The molecule has 3 nitrogen and oxygen atoms in total. The minimum atomic E-state index is -0.153. The van der Waals surface area contributed by atoms with E-state index < -0.39 is 0 Å². The third kappa shape index (κ3) is 2.62. The van der Waals surface area contributed by atoms with E-state index in [1.807, 2.05) is 0 Å². The van der Waals surface area contributed by atoms with E-state index in [9.17, 15) is 0 Å². The largest absolute Gasteiger partial charge is 0.374 e. The third-order valence-corrected chi connectivity index (χ3v) is 3.95. The highest BCUT2D eigenvalue weighted by Crippen LogP contribution is 2.36. The maximum absolute atomic E-state index is 6.35. The maximum Gasteiger partial charge on any atom is 0.119 e. The second-order valence-electron chi connectivity index (χ2n) is 4.54. The summed E-state index contributed by atoms with van der Waals surface area (Å²) in [6.07, 6.45) is 5.67. The molecule has 0 saturated heterocycles. The van der Waals surface area contributed by atoms with Crippen LogP contribution >= 0.6 is 11.3 Å². The Morgan fingerprint density at radius 3 is 2.94 bits per heavy atom. The van der Waals surface area contributed by atoms with Gasteiger partial charge >= 0.3 is 0 Å². The molecule has 1 aliphatic carbocycles. The lowest BCUT2D eigenvalue weighted by Gasteiger charge is -2.20. The standard InChI is InChI=1S/C12H20N2OS/c1-2-7-15-8-11-14-10(9-16-11)12(13)5-3-4-6-12/h9H,2-8,13H2,1H3. The lowest BCUT2D eigenvalue weighted by atomic mass is 9.96.